The van der Waals surface area contributed by atoms with Gasteiger partial charge in [0.15, 0.2) is 5.82 Å². The Morgan fingerprint density at radius 2 is 1.93 bits per heavy atom. The second kappa shape index (κ2) is 7.96. The highest BCUT2D eigenvalue weighted by Gasteiger charge is 2.21. The van der Waals surface area contributed by atoms with Gasteiger partial charge < -0.3 is 14.8 Å². The van der Waals surface area contributed by atoms with E-state index in [9.17, 15) is 4.79 Å². The standard InChI is InChI=1S/C19H19N5O3/c25-19(14-7-11-26-12-8-14)21-15-1-3-16(4-2-15)27-18-6-5-17(22-23-18)24-10-9-20-13-24/h1-6,9-10,13-14H,7-8,11-12H2,(H,21,25). The van der Waals surface area contributed by atoms with Crippen LogP contribution in [-0.4, -0.2) is 38.9 Å². The van der Waals surface area contributed by atoms with E-state index in [0.29, 0.717) is 30.7 Å². The fraction of sp³-hybridized carbons (Fsp3) is 0.263. The van der Waals surface area contributed by atoms with Crippen LogP contribution in [0, 0.1) is 5.92 Å². The molecule has 3 heterocycles. The molecule has 2 aromatic heterocycles. The molecule has 3 aromatic rings. The van der Waals surface area contributed by atoms with Gasteiger partial charge in [-0.25, -0.2) is 4.98 Å². The minimum Gasteiger partial charge on any atom is -0.438 e. The van der Waals surface area contributed by atoms with E-state index in [1.165, 1.54) is 0 Å². The number of hydrogen-bond donors (Lipinski definition) is 1. The Morgan fingerprint density at radius 1 is 1.11 bits per heavy atom. The number of anilines is 1. The van der Waals surface area contributed by atoms with E-state index in [1.807, 2.05) is 0 Å². The van der Waals surface area contributed by atoms with Gasteiger partial charge in [0, 0.05) is 43.3 Å². The summed E-state index contributed by atoms with van der Waals surface area (Å²) in [6.07, 6.45) is 6.64. The van der Waals surface area contributed by atoms with Gasteiger partial charge in [0.1, 0.15) is 12.1 Å². The Bertz CT molecular complexity index is 873. The molecule has 8 nitrogen and oxygen atoms in total. The van der Waals surface area contributed by atoms with E-state index in [4.69, 9.17) is 9.47 Å². The molecule has 8 heteroatoms. The number of ether oxygens (including phenoxy) is 2. The Morgan fingerprint density at radius 3 is 2.59 bits per heavy atom. The summed E-state index contributed by atoms with van der Waals surface area (Å²) >= 11 is 0. The summed E-state index contributed by atoms with van der Waals surface area (Å²) in [5.74, 6) is 1.71. The topological polar surface area (TPSA) is 91.2 Å². The number of nitrogens with zero attached hydrogens (tertiary/aromatic N) is 4. The third-order valence-electron chi connectivity index (χ3n) is 4.33. The maximum absolute atomic E-state index is 12.3. The van der Waals surface area contributed by atoms with Crippen molar-refractivity contribution in [2.45, 2.75) is 12.8 Å². The number of carbonyl (C=O) groups is 1. The van der Waals surface area contributed by atoms with Crippen molar-refractivity contribution >= 4 is 11.6 Å². The largest absolute Gasteiger partial charge is 0.438 e. The van der Waals surface area contributed by atoms with Gasteiger partial charge in [-0.2, -0.15) is 0 Å². The smallest absolute Gasteiger partial charge is 0.238 e. The van der Waals surface area contributed by atoms with E-state index >= 15 is 0 Å². The number of rotatable bonds is 5. The SMILES string of the molecule is O=C(Nc1ccc(Oc2ccc(-n3ccnc3)nn2)cc1)C1CCOCC1. The molecule has 1 aromatic carbocycles. The van der Waals surface area contributed by atoms with Crippen molar-refractivity contribution < 1.29 is 14.3 Å². The summed E-state index contributed by atoms with van der Waals surface area (Å²) in [5.41, 5.74) is 0.736. The zero-order chi connectivity index (χ0) is 18.5. The molecule has 0 radical (unpaired) electrons. The molecule has 0 unspecified atom stereocenters. The maximum Gasteiger partial charge on any atom is 0.238 e. The van der Waals surface area contributed by atoms with Gasteiger partial charge >= 0.3 is 0 Å². The van der Waals surface area contributed by atoms with Gasteiger partial charge in [0.2, 0.25) is 11.8 Å². The van der Waals surface area contributed by atoms with Crippen molar-refractivity contribution in [1.29, 1.82) is 0 Å². The van der Waals surface area contributed by atoms with Crippen molar-refractivity contribution in [2.75, 3.05) is 18.5 Å². The monoisotopic (exact) mass is 365 g/mol. The number of nitrogens with one attached hydrogen (secondary N) is 1. The predicted octanol–water partition coefficient (Wildman–Crippen LogP) is 2.82. The van der Waals surface area contributed by atoms with Crippen LogP contribution in [0.5, 0.6) is 11.6 Å². The third kappa shape index (κ3) is 4.29. The predicted molar refractivity (Wildman–Crippen MR) is 97.8 cm³/mol. The first-order valence-corrected chi connectivity index (χ1v) is 8.76. The van der Waals surface area contributed by atoms with Gasteiger partial charge in [0.25, 0.3) is 0 Å². The number of hydrogen-bond acceptors (Lipinski definition) is 6. The van der Waals surface area contributed by atoms with Crippen LogP contribution >= 0.6 is 0 Å². The molecule has 1 N–H and O–H groups in total. The van der Waals surface area contributed by atoms with E-state index in [1.54, 1.807) is 59.7 Å². The van der Waals surface area contributed by atoms with Crippen LogP contribution in [0.3, 0.4) is 0 Å². The molecule has 1 aliphatic heterocycles. The van der Waals surface area contributed by atoms with E-state index < -0.39 is 0 Å². The van der Waals surface area contributed by atoms with Gasteiger partial charge in [0.05, 0.1) is 0 Å². The van der Waals surface area contributed by atoms with Crippen LogP contribution in [0.15, 0.2) is 55.1 Å². The molecule has 4 rings (SSSR count). The van der Waals surface area contributed by atoms with Crippen molar-refractivity contribution in [1.82, 2.24) is 19.7 Å². The first kappa shape index (κ1) is 17.2. The van der Waals surface area contributed by atoms with E-state index in [2.05, 4.69) is 20.5 Å². The fourth-order valence-electron chi connectivity index (χ4n) is 2.83. The van der Waals surface area contributed by atoms with Crippen molar-refractivity contribution in [2.24, 2.45) is 5.92 Å². The Hall–Kier alpha value is -3.26. The van der Waals surface area contributed by atoms with Gasteiger partial charge in [-0.15, -0.1) is 10.2 Å². The Balaban J connectivity index is 1.35. The molecule has 0 atom stereocenters. The highest BCUT2D eigenvalue weighted by Crippen LogP contribution is 2.23. The molecule has 1 fully saturated rings. The summed E-state index contributed by atoms with van der Waals surface area (Å²) < 4.78 is 12.7. The fourth-order valence-corrected chi connectivity index (χ4v) is 2.83. The zero-order valence-electron chi connectivity index (χ0n) is 14.6. The number of benzene rings is 1. The van der Waals surface area contributed by atoms with Crippen LogP contribution in [0.1, 0.15) is 12.8 Å². The summed E-state index contributed by atoms with van der Waals surface area (Å²) in [5, 5.41) is 11.1. The number of imidazole rings is 1. The molecule has 1 amide bonds. The maximum atomic E-state index is 12.3. The average molecular weight is 365 g/mol. The molecule has 27 heavy (non-hydrogen) atoms. The van der Waals surface area contributed by atoms with E-state index in [-0.39, 0.29) is 11.8 Å². The highest BCUT2D eigenvalue weighted by molar-refractivity contribution is 5.92. The summed E-state index contributed by atoms with van der Waals surface area (Å²) in [4.78, 5) is 16.2. The number of carbonyl (C=O) groups excluding carboxylic acids is 1. The molecule has 0 spiro atoms. The van der Waals surface area contributed by atoms with E-state index in [0.717, 1.165) is 18.5 Å². The molecule has 0 aliphatic carbocycles. The lowest BCUT2D eigenvalue weighted by Gasteiger charge is -2.21. The molecule has 138 valence electrons. The quantitative estimate of drug-likeness (QED) is 0.748. The molecular formula is C19H19N5O3. The second-order valence-corrected chi connectivity index (χ2v) is 6.20. The van der Waals surface area contributed by atoms with Gasteiger partial charge in [-0.1, -0.05) is 0 Å². The lowest BCUT2D eigenvalue weighted by Crippen LogP contribution is -2.28. The van der Waals surface area contributed by atoms with Crippen LogP contribution in [0.2, 0.25) is 0 Å². The lowest BCUT2D eigenvalue weighted by molar-refractivity contribution is -0.122. The van der Waals surface area contributed by atoms with Crippen LogP contribution < -0.4 is 10.1 Å². The normalized spacial score (nSPS) is 14.7. The summed E-state index contributed by atoms with van der Waals surface area (Å²) in [7, 11) is 0. The van der Waals surface area contributed by atoms with Crippen molar-refractivity contribution in [3.8, 4) is 17.4 Å². The zero-order valence-corrected chi connectivity index (χ0v) is 14.6. The minimum absolute atomic E-state index is 0.0129. The number of amides is 1. The molecular weight excluding hydrogens is 346 g/mol. The second-order valence-electron chi connectivity index (χ2n) is 6.20. The molecule has 0 bridgehead atoms. The molecule has 0 saturated carbocycles. The number of aromatic nitrogens is 4. The Kier molecular flexibility index (Phi) is 5.06. The summed E-state index contributed by atoms with van der Waals surface area (Å²) in [6.45, 7) is 1.29. The first-order valence-electron chi connectivity index (χ1n) is 8.76. The van der Waals surface area contributed by atoms with Crippen molar-refractivity contribution in [3.05, 3.63) is 55.1 Å². The molecule has 1 saturated heterocycles. The molecule has 1 aliphatic rings. The van der Waals surface area contributed by atoms with Crippen molar-refractivity contribution in [3.63, 3.8) is 0 Å². The minimum atomic E-state index is 0.0129. The van der Waals surface area contributed by atoms with Gasteiger partial charge in [-0.3, -0.25) is 9.36 Å². The highest BCUT2D eigenvalue weighted by atomic mass is 16.5. The average Bonchev–Trinajstić information content (AvgIpc) is 3.26. The third-order valence-corrected chi connectivity index (χ3v) is 4.33. The van der Waals surface area contributed by atoms with Gasteiger partial charge in [-0.05, 0) is 43.2 Å². The van der Waals surface area contributed by atoms with Crippen LogP contribution in [0.25, 0.3) is 5.82 Å². The summed E-state index contributed by atoms with van der Waals surface area (Å²) in [6, 6.07) is 10.7. The first-order chi connectivity index (χ1) is 13.3. The Labute approximate surface area is 156 Å². The lowest BCUT2D eigenvalue weighted by atomic mass is 9.99. The van der Waals surface area contributed by atoms with Crippen LogP contribution in [0.4, 0.5) is 5.69 Å². The van der Waals surface area contributed by atoms with Crippen LogP contribution in [-0.2, 0) is 9.53 Å².